The third kappa shape index (κ3) is 2.92. The van der Waals surface area contributed by atoms with E-state index in [-0.39, 0.29) is 0 Å². The van der Waals surface area contributed by atoms with E-state index in [2.05, 4.69) is 15.3 Å². The Bertz CT molecular complexity index is 585. The second-order valence-electron chi connectivity index (χ2n) is 4.94. The summed E-state index contributed by atoms with van der Waals surface area (Å²) in [6.07, 6.45) is 2.36. The van der Waals surface area contributed by atoms with Crippen molar-refractivity contribution < 1.29 is 4.74 Å². The van der Waals surface area contributed by atoms with Gasteiger partial charge in [0.1, 0.15) is 11.0 Å². The van der Waals surface area contributed by atoms with E-state index in [0.717, 1.165) is 24.2 Å². The summed E-state index contributed by atoms with van der Waals surface area (Å²) in [4.78, 5) is 8.81. The van der Waals surface area contributed by atoms with Crippen molar-refractivity contribution >= 4 is 17.4 Å². The predicted octanol–water partition coefficient (Wildman–Crippen LogP) is 3.39. The molecule has 1 saturated carbocycles. The van der Waals surface area contributed by atoms with Crippen molar-refractivity contribution in [3.63, 3.8) is 0 Å². The van der Waals surface area contributed by atoms with Crippen molar-refractivity contribution in [2.24, 2.45) is 0 Å². The molecule has 1 aliphatic rings. The fraction of sp³-hybridized carbons (Fsp3) is 0.333. The van der Waals surface area contributed by atoms with Crippen molar-refractivity contribution in [3.8, 4) is 11.4 Å². The molecule has 104 valence electrons. The van der Waals surface area contributed by atoms with E-state index >= 15 is 0 Å². The Kier molecular flexibility index (Phi) is 3.85. The largest absolute Gasteiger partial charge is 0.381 e. The smallest absolute Gasteiger partial charge is 0.163 e. The molecule has 2 aromatic rings. The van der Waals surface area contributed by atoms with Crippen LogP contribution in [0.1, 0.15) is 12.8 Å². The summed E-state index contributed by atoms with van der Waals surface area (Å²) in [6, 6.07) is 12.0. The zero-order chi connectivity index (χ0) is 13.9. The first-order chi connectivity index (χ1) is 9.74. The van der Waals surface area contributed by atoms with Crippen LogP contribution >= 0.6 is 11.6 Å². The van der Waals surface area contributed by atoms with Crippen LogP contribution in [0.25, 0.3) is 11.4 Å². The Hall–Kier alpha value is -1.65. The van der Waals surface area contributed by atoms with Gasteiger partial charge in [0, 0.05) is 24.8 Å². The molecule has 0 spiro atoms. The van der Waals surface area contributed by atoms with Crippen LogP contribution < -0.4 is 5.32 Å². The van der Waals surface area contributed by atoms with Gasteiger partial charge in [-0.15, -0.1) is 0 Å². The molecule has 0 atom stereocenters. The summed E-state index contributed by atoms with van der Waals surface area (Å²) in [5.74, 6) is 1.41. The lowest BCUT2D eigenvalue weighted by Crippen LogP contribution is -2.40. The number of ether oxygens (including phenoxy) is 1. The molecule has 1 aromatic heterocycles. The molecule has 0 saturated heterocycles. The topological polar surface area (TPSA) is 47.0 Å². The monoisotopic (exact) mass is 289 g/mol. The van der Waals surface area contributed by atoms with Gasteiger partial charge >= 0.3 is 0 Å². The van der Waals surface area contributed by atoms with Crippen molar-refractivity contribution in [2.75, 3.05) is 12.4 Å². The lowest BCUT2D eigenvalue weighted by molar-refractivity contribution is 0.0328. The molecular formula is C15H16ClN3O. The summed E-state index contributed by atoms with van der Waals surface area (Å²) in [7, 11) is 1.75. The minimum atomic E-state index is 0.360. The fourth-order valence-corrected chi connectivity index (χ4v) is 2.48. The van der Waals surface area contributed by atoms with Gasteiger partial charge in [-0.3, -0.25) is 0 Å². The highest BCUT2D eigenvalue weighted by atomic mass is 35.5. The number of rotatable bonds is 4. The van der Waals surface area contributed by atoms with Crippen LogP contribution in [0.2, 0.25) is 5.15 Å². The maximum absolute atomic E-state index is 6.08. The van der Waals surface area contributed by atoms with Crippen molar-refractivity contribution in [2.45, 2.75) is 25.0 Å². The van der Waals surface area contributed by atoms with Gasteiger partial charge in [-0.2, -0.15) is 0 Å². The second kappa shape index (κ2) is 5.77. The highest BCUT2D eigenvalue weighted by Crippen LogP contribution is 2.27. The van der Waals surface area contributed by atoms with Crippen LogP contribution in [-0.2, 0) is 4.74 Å². The Morgan fingerprint density at radius 2 is 1.95 bits per heavy atom. The van der Waals surface area contributed by atoms with Crippen LogP contribution in [0.4, 0.5) is 5.82 Å². The first kappa shape index (κ1) is 13.3. The molecule has 1 aromatic carbocycles. The average Bonchev–Trinajstić information content (AvgIpc) is 2.43. The number of nitrogens with one attached hydrogen (secondary N) is 1. The summed E-state index contributed by atoms with van der Waals surface area (Å²) in [5.41, 5.74) is 0.960. The third-order valence-corrected chi connectivity index (χ3v) is 3.70. The van der Waals surface area contributed by atoms with Crippen LogP contribution in [0.15, 0.2) is 36.4 Å². The summed E-state index contributed by atoms with van der Waals surface area (Å²) in [5, 5.41) is 3.83. The number of halogens is 1. The third-order valence-electron chi connectivity index (χ3n) is 3.51. The van der Waals surface area contributed by atoms with Crippen LogP contribution in [0.3, 0.4) is 0 Å². The molecule has 1 aliphatic carbocycles. The van der Waals surface area contributed by atoms with Crippen LogP contribution in [-0.4, -0.2) is 29.2 Å². The van der Waals surface area contributed by atoms with E-state index in [1.807, 2.05) is 30.3 Å². The highest BCUT2D eigenvalue weighted by molar-refractivity contribution is 6.29. The van der Waals surface area contributed by atoms with Crippen molar-refractivity contribution in [1.29, 1.82) is 0 Å². The molecule has 1 heterocycles. The Balaban J connectivity index is 1.77. The lowest BCUT2D eigenvalue weighted by Gasteiger charge is -2.34. The second-order valence-corrected chi connectivity index (χ2v) is 5.32. The van der Waals surface area contributed by atoms with Gasteiger partial charge in [0.2, 0.25) is 0 Å². The Labute approximate surface area is 123 Å². The van der Waals surface area contributed by atoms with E-state index in [0.29, 0.717) is 23.1 Å². The van der Waals surface area contributed by atoms with Crippen molar-refractivity contribution in [1.82, 2.24) is 9.97 Å². The maximum Gasteiger partial charge on any atom is 0.163 e. The lowest BCUT2D eigenvalue weighted by atomic mass is 9.89. The van der Waals surface area contributed by atoms with Gasteiger partial charge in [0.25, 0.3) is 0 Å². The van der Waals surface area contributed by atoms with E-state index in [4.69, 9.17) is 16.3 Å². The summed E-state index contributed by atoms with van der Waals surface area (Å²) >= 11 is 6.08. The molecule has 3 rings (SSSR count). The quantitative estimate of drug-likeness (QED) is 0.877. The zero-order valence-electron chi connectivity index (χ0n) is 11.2. The van der Waals surface area contributed by atoms with Gasteiger partial charge < -0.3 is 10.1 Å². The van der Waals surface area contributed by atoms with Gasteiger partial charge in [0.05, 0.1) is 6.10 Å². The van der Waals surface area contributed by atoms with E-state index < -0.39 is 0 Å². The number of aromatic nitrogens is 2. The van der Waals surface area contributed by atoms with E-state index in [1.54, 1.807) is 13.2 Å². The highest BCUT2D eigenvalue weighted by Gasteiger charge is 2.29. The van der Waals surface area contributed by atoms with Crippen molar-refractivity contribution in [3.05, 3.63) is 41.6 Å². The normalized spacial score (nSPS) is 21.3. The number of methoxy groups -OCH3 is 1. The van der Waals surface area contributed by atoms with Crippen LogP contribution in [0.5, 0.6) is 0 Å². The minimum Gasteiger partial charge on any atom is -0.381 e. The SMILES string of the molecule is COC1CC(Nc2cc(Cl)nc(-c3ccccc3)n2)C1. The number of nitrogens with zero attached hydrogens (tertiary/aromatic N) is 2. The van der Waals surface area contributed by atoms with Crippen LogP contribution in [0, 0.1) is 0 Å². The van der Waals surface area contributed by atoms with E-state index in [9.17, 15) is 0 Å². The molecule has 0 bridgehead atoms. The van der Waals surface area contributed by atoms with E-state index in [1.165, 1.54) is 0 Å². The Morgan fingerprint density at radius 1 is 1.20 bits per heavy atom. The Morgan fingerprint density at radius 3 is 2.65 bits per heavy atom. The number of anilines is 1. The summed E-state index contributed by atoms with van der Waals surface area (Å²) < 4.78 is 5.27. The molecule has 20 heavy (non-hydrogen) atoms. The number of hydrogen-bond donors (Lipinski definition) is 1. The molecular weight excluding hydrogens is 274 g/mol. The first-order valence-corrected chi connectivity index (χ1v) is 7.02. The summed E-state index contributed by atoms with van der Waals surface area (Å²) in [6.45, 7) is 0. The maximum atomic E-state index is 6.08. The average molecular weight is 290 g/mol. The molecule has 4 nitrogen and oxygen atoms in total. The molecule has 1 N–H and O–H groups in total. The number of hydrogen-bond acceptors (Lipinski definition) is 4. The molecule has 5 heteroatoms. The standard InChI is InChI=1S/C15H16ClN3O/c1-20-12-7-11(8-12)17-14-9-13(16)18-15(19-14)10-5-3-2-4-6-10/h2-6,9,11-12H,7-8H2,1H3,(H,17,18,19). The van der Waals surface area contributed by atoms with Gasteiger partial charge in [-0.1, -0.05) is 41.9 Å². The number of benzene rings is 1. The predicted molar refractivity (Wildman–Crippen MR) is 79.9 cm³/mol. The first-order valence-electron chi connectivity index (χ1n) is 6.64. The van der Waals surface area contributed by atoms with Gasteiger partial charge in [-0.05, 0) is 12.8 Å². The van der Waals surface area contributed by atoms with Gasteiger partial charge in [-0.25, -0.2) is 9.97 Å². The zero-order valence-corrected chi connectivity index (χ0v) is 12.0. The molecule has 0 amide bonds. The molecule has 0 aliphatic heterocycles. The molecule has 1 fully saturated rings. The molecule has 0 unspecified atom stereocenters. The minimum absolute atomic E-state index is 0.360. The fourth-order valence-electron chi connectivity index (χ4n) is 2.29. The van der Waals surface area contributed by atoms with Gasteiger partial charge in [0.15, 0.2) is 5.82 Å². The molecule has 0 radical (unpaired) electrons.